The number of benzene rings is 1. The predicted molar refractivity (Wildman–Crippen MR) is 85.7 cm³/mol. The molecule has 1 aromatic heterocycles. The SMILES string of the molecule is Cc1nc(CN2CCN([C@H](C)c3ccc(F)c(Cl)c3)CC2)no1. The second-order valence-corrected chi connectivity index (χ2v) is 6.30. The van der Waals surface area contributed by atoms with E-state index in [4.69, 9.17) is 16.1 Å². The summed E-state index contributed by atoms with van der Waals surface area (Å²) in [5.74, 6) is 0.956. The van der Waals surface area contributed by atoms with Crippen LogP contribution >= 0.6 is 11.6 Å². The molecule has 1 aromatic carbocycles. The van der Waals surface area contributed by atoms with Crippen LogP contribution in [-0.2, 0) is 6.54 Å². The molecule has 0 N–H and O–H groups in total. The molecule has 23 heavy (non-hydrogen) atoms. The Bertz CT molecular complexity index is 670. The van der Waals surface area contributed by atoms with Gasteiger partial charge in [0.1, 0.15) is 5.82 Å². The van der Waals surface area contributed by atoms with Gasteiger partial charge < -0.3 is 4.52 Å². The molecule has 5 nitrogen and oxygen atoms in total. The zero-order valence-electron chi connectivity index (χ0n) is 13.3. The number of aromatic nitrogens is 2. The van der Waals surface area contributed by atoms with Crippen LogP contribution < -0.4 is 0 Å². The largest absolute Gasteiger partial charge is 0.340 e. The third-order valence-corrected chi connectivity index (χ3v) is 4.60. The zero-order chi connectivity index (χ0) is 16.4. The van der Waals surface area contributed by atoms with E-state index in [1.54, 1.807) is 19.1 Å². The van der Waals surface area contributed by atoms with Crippen molar-refractivity contribution in [1.82, 2.24) is 19.9 Å². The summed E-state index contributed by atoms with van der Waals surface area (Å²) >= 11 is 5.89. The highest BCUT2D eigenvalue weighted by atomic mass is 35.5. The molecule has 1 saturated heterocycles. The van der Waals surface area contributed by atoms with Crippen molar-refractivity contribution in [3.05, 3.63) is 46.3 Å². The van der Waals surface area contributed by atoms with Crippen LogP contribution in [0.5, 0.6) is 0 Å². The van der Waals surface area contributed by atoms with E-state index >= 15 is 0 Å². The summed E-state index contributed by atoms with van der Waals surface area (Å²) in [6.45, 7) is 8.38. The van der Waals surface area contributed by atoms with Gasteiger partial charge in [-0.2, -0.15) is 4.98 Å². The van der Waals surface area contributed by atoms with Crippen LogP contribution in [-0.4, -0.2) is 46.1 Å². The van der Waals surface area contributed by atoms with Crippen molar-refractivity contribution >= 4 is 11.6 Å². The molecular formula is C16H20ClFN4O. The Hall–Kier alpha value is -1.50. The van der Waals surface area contributed by atoms with E-state index in [-0.39, 0.29) is 16.9 Å². The maximum Gasteiger partial charge on any atom is 0.223 e. The van der Waals surface area contributed by atoms with E-state index in [9.17, 15) is 4.39 Å². The molecular weight excluding hydrogens is 319 g/mol. The van der Waals surface area contributed by atoms with Gasteiger partial charge >= 0.3 is 0 Å². The summed E-state index contributed by atoms with van der Waals surface area (Å²) in [5, 5.41) is 4.12. The second-order valence-electron chi connectivity index (χ2n) is 5.89. The van der Waals surface area contributed by atoms with Crippen LogP contribution in [0.1, 0.15) is 30.2 Å². The monoisotopic (exact) mass is 338 g/mol. The lowest BCUT2D eigenvalue weighted by Crippen LogP contribution is -2.46. The van der Waals surface area contributed by atoms with E-state index in [1.807, 2.05) is 0 Å². The van der Waals surface area contributed by atoms with Gasteiger partial charge in [0.15, 0.2) is 5.82 Å². The molecule has 1 atom stereocenters. The predicted octanol–water partition coefficient (Wildman–Crippen LogP) is 3.05. The summed E-state index contributed by atoms with van der Waals surface area (Å²) in [4.78, 5) is 8.93. The molecule has 1 aliphatic heterocycles. The van der Waals surface area contributed by atoms with E-state index in [1.165, 1.54) is 6.07 Å². The minimum Gasteiger partial charge on any atom is -0.340 e. The first-order chi connectivity index (χ1) is 11.0. The molecule has 1 fully saturated rings. The molecule has 0 bridgehead atoms. The van der Waals surface area contributed by atoms with Gasteiger partial charge in [-0.25, -0.2) is 4.39 Å². The minimum atomic E-state index is -0.372. The maximum atomic E-state index is 13.3. The first-order valence-electron chi connectivity index (χ1n) is 7.73. The molecule has 7 heteroatoms. The van der Waals surface area contributed by atoms with Gasteiger partial charge in [0, 0.05) is 39.1 Å². The van der Waals surface area contributed by atoms with E-state index in [0.717, 1.165) is 37.6 Å². The van der Waals surface area contributed by atoms with Crippen molar-refractivity contribution in [1.29, 1.82) is 0 Å². The van der Waals surface area contributed by atoms with Gasteiger partial charge in [-0.05, 0) is 24.6 Å². The smallest absolute Gasteiger partial charge is 0.223 e. The zero-order valence-corrected chi connectivity index (χ0v) is 14.1. The van der Waals surface area contributed by atoms with Crippen molar-refractivity contribution in [2.75, 3.05) is 26.2 Å². The van der Waals surface area contributed by atoms with Crippen LogP contribution in [0.2, 0.25) is 5.02 Å². The van der Waals surface area contributed by atoms with Gasteiger partial charge in [0.05, 0.1) is 11.6 Å². The van der Waals surface area contributed by atoms with Crippen molar-refractivity contribution < 1.29 is 8.91 Å². The molecule has 0 unspecified atom stereocenters. The lowest BCUT2D eigenvalue weighted by atomic mass is 10.1. The minimum absolute atomic E-state index is 0.181. The molecule has 0 radical (unpaired) electrons. The van der Waals surface area contributed by atoms with Gasteiger partial charge in [-0.1, -0.05) is 22.8 Å². The van der Waals surface area contributed by atoms with Gasteiger partial charge in [-0.15, -0.1) is 0 Å². The fraction of sp³-hybridized carbons (Fsp3) is 0.500. The Balaban J connectivity index is 1.56. The average Bonchev–Trinajstić information content (AvgIpc) is 2.95. The van der Waals surface area contributed by atoms with Crippen LogP contribution in [0, 0.1) is 12.7 Å². The highest BCUT2D eigenvalue weighted by molar-refractivity contribution is 6.30. The molecule has 0 aliphatic carbocycles. The standard InChI is InChI=1S/C16H20ClFN4O/c1-11(13-3-4-15(18)14(17)9-13)22-7-5-21(6-8-22)10-16-19-12(2)23-20-16/h3-4,9,11H,5-8,10H2,1-2H3/t11-/m1/s1. The summed E-state index contributed by atoms with van der Waals surface area (Å²) < 4.78 is 18.3. The lowest BCUT2D eigenvalue weighted by Gasteiger charge is -2.37. The number of hydrogen-bond acceptors (Lipinski definition) is 5. The Morgan fingerprint density at radius 3 is 2.65 bits per heavy atom. The molecule has 2 aromatic rings. The topological polar surface area (TPSA) is 45.4 Å². The van der Waals surface area contributed by atoms with Crippen LogP contribution in [0.3, 0.4) is 0 Å². The Morgan fingerprint density at radius 1 is 1.30 bits per heavy atom. The van der Waals surface area contributed by atoms with Crippen LogP contribution in [0.4, 0.5) is 4.39 Å². The normalized spacial score (nSPS) is 18.3. The molecule has 124 valence electrons. The van der Waals surface area contributed by atoms with Crippen molar-refractivity contribution in [3.63, 3.8) is 0 Å². The Morgan fingerprint density at radius 2 is 2.04 bits per heavy atom. The maximum absolute atomic E-state index is 13.3. The van der Waals surface area contributed by atoms with E-state index in [2.05, 4.69) is 26.9 Å². The number of piperazine rings is 1. The van der Waals surface area contributed by atoms with Gasteiger partial charge in [0.25, 0.3) is 0 Å². The van der Waals surface area contributed by atoms with Crippen molar-refractivity contribution in [2.45, 2.75) is 26.4 Å². The summed E-state index contributed by atoms with van der Waals surface area (Å²) in [7, 11) is 0. The highest BCUT2D eigenvalue weighted by Crippen LogP contribution is 2.25. The first kappa shape index (κ1) is 16.4. The molecule has 1 aliphatic rings. The fourth-order valence-electron chi connectivity index (χ4n) is 2.90. The fourth-order valence-corrected chi connectivity index (χ4v) is 3.09. The molecule has 0 spiro atoms. The van der Waals surface area contributed by atoms with E-state index in [0.29, 0.717) is 12.4 Å². The highest BCUT2D eigenvalue weighted by Gasteiger charge is 2.23. The summed E-state index contributed by atoms with van der Waals surface area (Å²) in [6, 6.07) is 5.17. The van der Waals surface area contributed by atoms with Crippen LogP contribution in [0.15, 0.2) is 22.7 Å². The third kappa shape index (κ3) is 3.88. The molecule has 3 rings (SSSR count). The number of halogens is 2. The quantitative estimate of drug-likeness (QED) is 0.857. The first-order valence-corrected chi connectivity index (χ1v) is 8.11. The van der Waals surface area contributed by atoms with Crippen molar-refractivity contribution in [2.24, 2.45) is 0 Å². The molecule has 2 heterocycles. The number of hydrogen-bond donors (Lipinski definition) is 0. The Labute approximate surface area is 140 Å². The van der Waals surface area contributed by atoms with Gasteiger partial charge in [-0.3, -0.25) is 9.80 Å². The molecule has 0 amide bonds. The Kier molecular flexibility index (Phi) is 4.94. The molecule has 0 saturated carbocycles. The number of rotatable bonds is 4. The van der Waals surface area contributed by atoms with E-state index < -0.39 is 0 Å². The number of nitrogens with zero attached hydrogens (tertiary/aromatic N) is 4. The number of aryl methyl sites for hydroxylation is 1. The summed E-state index contributed by atoms with van der Waals surface area (Å²) in [6.07, 6.45) is 0. The second kappa shape index (κ2) is 6.95. The lowest BCUT2D eigenvalue weighted by molar-refractivity contribution is 0.0956. The third-order valence-electron chi connectivity index (χ3n) is 4.32. The average molecular weight is 339 g/mol. The van der Waals surface area contributed by atoms with Crippen LogP contribution in [0.25, 0.3) is 0 Å². The van der Waals surface area contributed by atoms with Gasteiger partial charge in [0.2, 0.25) is 5.89 Å². The van der Waals surface area contributed by atoms with Crippen molar-refractivity contribution in [3.8, 4) is 0 Å². The summed E-state index contributed by atoms with van der Waals surface area (Å²) in [5.41, 5.74) is 1.04.